The number of alkyl halides is 3. The van der Waals surface area contributed by atoms with Gasteiger partial charge in [0.2, 0.25) is 10.0 Å². The molecule has 9 nitrogen and oxygen atoms in total. The summed E-state index contributed by atoms with van der Waals surface area (Å²) >= 11 is 0. The quantitative estimate of drug-likeness (QED) is 0.364. The second kappa shape index (κ2) is 8.75. The van der Waals surface area contributed by atoms with Crippen molar-refractivity contribution in [1.29, 1.82) is 0 Å². The molecule has 1 fully saturated rings. The van der Waals surface area contributed by atoms with E-state index in [9.17, 15) is 35.9 Å². The lowest BCUT2D eigenvalue weighted by molar-refractivity contribution is -0.147. The summed E-state index contributed by atoms with van der Waals surface area (Å²) in [4.78, 5) is 18.8. The van der Waals surface area contributed by atoms with E-state index in [0.29, 0.717) is 18.0 Å². The van der Waals surface area contributed by atoms with E-state index in [-0.39, 0.29) is 28.7 Å². The van der Waals surface area contributed by atoms with Crippen LogP contribution < -0.4 is 9.46 Å². The van der Waals surface area contributed by atoms with Gasteiger partial charge >= 0.3 is 12.3 Å². The zero-order valence-corrected chi connectivity index (χ0v) is 19.2. The normalized spacial score (nSPS) is 15.7. The minimum Gasteiger partial charge on any atom is -0.449 e. The van der Waals surface area contributed by atoms with E-state index in [1.54, 1.807) is 17.6 Å². The van der Waals surface area contributed by atoms with Crippen LogP contribution in [0.2, 0.25) is 0 Å². The SMILES string of the molecule is Cc1cc2c(cc1F)c(OC(=O)O)c(-c1ncc(S(=O)(=O)N[C@@H](C)C(F)(F)F)cn1)n2C1CCC1. The Labute approximate surface area is 196 Å². The first-order valence-corrected chi connectivity index (χ1v) is 11.9. The van der Waals surface area contributed by atoms with Crippen molar-refractivity contribution in [2.45, 2.75) is 56.3 Å². The molecule has 2 N–H and O–H groups in total. The standard InChI is InChI=1S/C21H20F4N4O5S/c1-10-6-16-14(7-15(10)22)18(34-20(30)31)17(29(16)12-4-3-5-12)19-26-8-13(9-27-19)35(32,33)28-11(2)21(23,24)25/h6-9,11-12,28H,3-5H2,1-2H3,(H,30,31)/t11-/m0/s1. The lowest BCUT2D eigenvalue weighted by atomic mass is 9.92. The molecule has 1 atom stereocenters. The molecule has 1 aliphatic carbocycles. The van der Waals surface area contributed by atoms with Crippen molar-refractivity contribution in [3.8, 4) is 17.3 Å². The maximum Gasteiger partial charge on any atom is 0.511 e. The third kappa shape index (κ3) is 4.67. The number of hydrogen-bond acceptors (Lipinski definition) is 6. The Balaban J connectivity index is 1.85. The van der Waals surface area contributed by atoms with Gasteiger partial charge < -0.3 is 14.4 Å². The number of rotatable bonds is 6. The maximum atomic E-state index is 14.4. The lowest BCUT2D eigenvalue weighted by Gasteiger charge is -2.29. The molecular weight excluding hydrogens is 496 g/mol. The number of benzene rings is 1. The van der Waals surface area contributed by atoms with E-state index in [1.165, 1.54) is 4.72 Å². The maximum absolute atomic E-state index is 14.4. The van der Waals surface area contributed by atoms with E-state index in [1.807, 2.05) is 0 Å². The molecule has 14 heteroatoms. The number of ether oxygens (including phenoxy) is 1. The fraction of sp³-hybridized carbons (Fsp3) is 0.381. The van der Waals surface area contributed by atoms with Crippen LogP contribution in [0, 0.1) is 12.7 Å². The zero-order chi connectivity index (χ0) is 25.7. The zero-order valence-electron chi connectivity index (χ0n) is 18.4. The third-order valence-electron chi connectivity index (χ3n) is 5.84. The number of fused-ring (bicyclic) bond motifs is 1. The lowest BCUT2D eigenvalue weighted by Crippen LogP contribution is -2.43. The second-order valence-electron chi connectivity index (χ2n) is 8.25. The van der Waals surface area contributed by atoms with E-state index in [0.717, 1.165) is 37.7 Å². The summed E-state index contributed by atoms with van der Waals surface area (Å²) in [5.41, 5.74) is 0.898. The molecule has 0 spiro atoms. The fourth-order valence-corrected chi connectivity index (χ4v) is 4.89. The molecule has 1 aromatic carbocycles. The van der Waals surface area contributed by atoms with Crippen LogP contribution in [0.15, 0.2) is 29.4 Å². The Hall–Kier alpha value is -3.26. The highest BCUT2D eigenvalue weighted by molar-refractivity contribution is 7.89. The van der Waals surface area contributed by atoms with E-state index < -0.39 is 39.1 Å². The van der Waals surface area contributed by atoms with Crippen molar-refractivity contribution in [2.75, 3.05) is 0 Å². The fourth-order valence-electron chi connectivity index (χ4n) is 3.77. The predicted molar refractivity (Wildman–Crippen MR) is 115 cm³/mol. The van der Waals surface area contributed by atoms with E-state index >= 15 is 0 Å². The summed E-state index contributed by atoms with van der Waals surface area (Å²) in [6.45, 7) is 2.20. The molecule has 3 aromatic rings. The summed E-state index contributed by atoms with van der Waals surface area (Å²) in [5.74, 6) is -0.944. The second-order valence-corrected chi connectivity index (χ2v) is 9.96. The number of halogens is 4. The highest BCUT2D eigenvalue weighted by atomic mass is 32.2. The Morgan fingerprint density at radius 3 is 2.40 bits per heavy atom. The summed E-state index contributed by atoms with van der Waals surface area (Å²) in [7, 11) is -4.60. The Morgan fingerprint density at radius 1 is 1.26 bits per heavy atom. The number of sulfonamides is 1. The van der Waals surface area contributed by atoms with Crippen LogP contribution in [0.3, 0.4) is 0 Å². The van der Waals surface area contributed by atoms with Gasteiger partial charge in [-0.2, -0.15) is 17.9 Å². The molecule has 0 amide bonds. The van der Waals surface area contributed by atoms with Gasteiger partial charge in [0, 0.05) is 11.4 Å². The van der Waals surface area contributed by atoms with Gasteiger partial charge in [-0.15, -0.1) is 0 Å². The minimum atomic E-state index is -4.80. The highest BCUT2D eigenvalue weighted by Crippen LogP contribution is 2.46. The number of nitrogens with one attached hydrogen (secondary N) is 1. The molecule has 0 saturated heterocycles. The third-order valence-corrected chi connectivity index (χ3v) is 7.33. The van der Waals surface area contributed by atoms with Gasteiger partial charge in [0.1, 0.15) is 22.4 Å². The number of aromatic nitrogens is 3. The average molecular weight is 516 g/mol. The molecule has 2 heterocycles. The summed E-state index contributed by atoms with van der Waals surface area (Å²) < 4.78 is 85.7. The molecule has 1 aliphatic rings. The van der Waals surface area contributed by atoms with Crippen molar-refractivity contribution in [3.05, 3.63) is 35.9 Å². The highest BCUT2D eigenvalue weighted by Gasteiger charge is 2.39. The van der Waals surface area contributed by atoms with Gasteiger partial charge in [-0.25, -0.2) is 27.6 Å². The average Bonchev–Trinajstić information content (AvgIpc) is 2.98. The predicted octanol–water partition coefficient (Wildman–Crippen LogP) is 4.56. The molecule has 35 heavy (non-hydrogen) atoms. The monoisotopic (exact) mass is 516 g/mol. The molecule has 4 rings (SSSR count). The molecular formula is C21H20F4N4O5S. The molecule has 1 saturated carbocycles. The van der Waals surface area contributed by atoms with Crippen molar-refractivity contribution in [1.82, 2.24) is 19.3 Å². The Bertz CT molecular complexity index is 1400. The van der Waals surface area contributed by atoms with Gasteiger partial charge in [0.15, 0.2) is 11.6 Å². The first kappa shape index (κ1) is 24.9. The number of carbonyl (C=O) groups is 1. The van der Waals surface area contributed by atoms with Crippen LogP contribution >= 0.6 is 0 Å². The summed E-state index contributed by atoms with van der Waals surface area (Å²) in [5, 5.41) is 9.46. The van der Waals surface area contributed by atoms with Crippen molar-refractivity contribution in [2.24, 2.45) is 0 Å². The van der Waals surface area contributed by atoms with Crippen molar-refractivity contribution < 1.29 is 40.6 Å². The van der Waals surface area contributed by atoms with Crippen LogP contribution in [-0.4, -0.2) is 46.4 Å². The smallest absolute Gasteiger partial charge is 0.449 e. The van der Waals surface area contributed by atoms with Crippen LogP contribution in [-0.2, 0) is 10.0 Å². The van der Waals surface area contributed by atoms with Gasteiger partial charge in [0.25, 0.3) is 0 Å². The number of hydrogen-bond donors (Lipinski definition) is 2. The van der Waals surface area contributed by atoms with Crippen molar-refractivity contribution in [3.63, 3.8) is 0 Å². The molecule has 2 aromatic heterocycles. The Morgan fingerprint density at radius 2 is 1.89 bits per heavy atom. The van der Waals surface area contributed by atoms with Gasteiger partial charge in [-0.3, -0.25) is 0 Å². The van der Waals surface area contributed by atoms with Crippen LogP contribution in [0.1, 0.15) is 37.8 Å². The van der Waals surface area contributed by atoms with Gasteiger partial charge in [-0.05, 0) is 50.8 Å². The molecule has 188 valence electrons. The topological polar surface area (TPSA) is 123 Å². The molecule has 0 radical (unpaired) electrons. The molecule has 0 bridgehead atoms. The van der Waals surface area contributed by atoms with Crippen LogP contribution in [0.5, 0.6) is 5.75 Å². The van der Waals surface area contributed by atoms with Crippen LogP contribution in [0.25, 0.3) is 22.4 Å². The van der Waals surface area contributed by atoms with Gasteiger partial charge in [-0.1, -0.05) is 0 Å². The number of aryl methyl sites for hydroxylation is 1. The number of carboxylic acid groups (broad SMARTS) is 1. The molecule has 0 unspecified atom stereocenters. The minimum absolute atomic E-state index is 0.0928. The van der Waals surface area contributed by atoms with Gasteiger partial charge in [0.05, 0.1) is 17.9 Å². The summed E-state index contributed by atoms with van der Waals surface area (Å²) in [6.07, 6.45) is -2.45. The number of nitrogens with zero attached hydrogens (tertiary/aromatic N) is 3. The van der Waals surface area contributed by atoms with E-state index in [2.05, 4.69) is 9.97 Å². The first-order chi connectivity index (χ1) is 16.3. The first-order valence-electron chi connectivity index (χ1n) is 10.5. The Kier molecular flexibility index (Phi) is 6.21. The largest absolute Gasteiger partial charge is 0.511 e. The summed E-state index contributed by atoms with van der Waals surface area (Å²) in [6, 6.07) is 0.248. The van der Waals surface area contributed by atoms with E-state index in [4.69, 9.17) is 4.74 Å². The molecule has 0 aliphatic heterocycles. The van der Waals surface area contributed by atoms with Crippen molar-refractivity contribution >= 4 is 27.1 Å². The van der Waals surface area contributed by atoms with Crippen LogP contribution in [0.4, 0.5) is 22.4 Å².